The summed E-state index contributed by atoms with van der Waals surface area (Å²) >= 11 is 3.40. The van der Waals surface area contributed by atoms with Gasteiger partial charge in [0.25, 0.3) is 0 Å². The smallest absolute Gasteiger partial charge is 0.444 e. The monoisotopic (exact) mass is 453 g/mol. The average Bonchev–Trinajstić information content (AvgIpc) is 2.73. The highest BCUT2D eigenvalue weighted by atomic mass is 79.9. The number of nitrogens with zero attached hydrogens (tertiary/aromatic N) is 1. The van der Waals surface area contributed by atoms with Gasteiger partial charge in [0.15, 0.2) is 0 Å². The summed E-state index contributed by atoms with van der Waals surface area (Å²) in [7, 11) is -0.640. The van der Waals surface area contributed by atoms with Crippen molar-refractivity contribution < 1.29 is 18.8 Å². The van der Waals surface area contributed by atoms with E-state index in [2.05, 4.69) is 26.2 Å². The fraction of sp³-hybridized carbons (Fsp3) is 0.579. The molecule has 0 bridgehead atoms. The molecule has 0 radical (unpaired) electrons. The highest BCUT2D eigenvalue weighted by Crippen LogP contribution is 2.39. The van der Waals surface area contributed by atoms with Gasteiger partial charge >= 0.3 is 13.2 Å². The van der Waals surface area contributed by atoms with Gasteiger partial charge in [0.2, 0.25) is 0 Å². The molecule has 1 aromatic rings. The Balaban J connectivity index is 2.30. The van der Waals surface area contributed by atoms with Crippen molar-refractivity contribution in [2.24, 2.45) is 0 Å². The van der Waals surface area contributed by atoms with Crippen molar-refractivity contribution in [2.75, 3.05) is 12.3 Å². The maximum atomic E-state index is 12.1. The Morgan fingerprint density at radius 2 is 1.89 bits per heavy atom. The molecule has 0 atom stereocenters. The summed E-state index contributed by atoms with van der Waals surface area (Å²) in [5.74, 6) is 0.370. The number of alkyl carbamates (subject to hydrolysis) is 1. The van der Waals surface area contributed by atoms with E-state index in [4.69, 9.17) is 19.8 Å². The molecule has 7 nitrogen and oxygen atoms in total. The number of nitrogens with one attached hydrogen (secondary N) is 1. The van der Waals surface area contributed by atoms with Gasteiger partial charge in [0.1, 0.15) is 11.4 Å². The van der Waals surface area contributed by atoms with Crippen LogP contribution in [-0.2, 0) is 14.0 Å². The van der Waals surface area contributed by atoms with E-state index in [1.807, 2.05) is 60.6 Å². The molecular weight excluding hydrogens is 425 g/mol. The molecule has 154 valence electrons. The molecule has 0 unspecified atom stereocenters. The second-order valence-corrected chi connectivity index (χ2v) is 9.71. The van der Waals surface area contributed by atoms with Crippen molar-refractivity contribution in [3.63, 3.8) is 0 Å². The third-order valence-electron chi connectivity index (χ3n) is 4.65. The van der Waals surface area contributed by atoms with Crippen LogP contribution in [0.4, 0.5) is 10.6 Å². The first-order valence-electron chi connectivity index (χ1n) is 9.14. The molecule has 3 N–H and O–H groups in total. The summed E-state index contributed by atoms with van der Waals surface area (Å²) < 4.78 is 18.4. The number of ether oxygens (including phenoxy) is 1. The summed E-state index contributed by atoms with van der Waals surface area (Å²) in [6, 6.07) is 1.85. The van der Waals surface area contributed by atoms with Gasteiger partial charge in [-0.05, 0) is 75.9 Å². The number of carbonyl (C=O) groups excluding carboxylic acids is 1. The quantitative estimate of drug-likeness (QED) is 0.669. The van der Waals surface area contributed by atoms with Crippen LogP contribution >= 0.6 is 15.9 Å². The fourth-order valence-corrected chi connectivity index (χ4v) is 2.82. The number of pyridine rings is 1. The zero-order chi connectivity index (χ0) is 21.3. The van der Waals surface area contributed by atoms with Crippen LogP contribution in [0, 0.1) is 0 Å². The Hall–Kier alpha value is -1.58. The predicted octanol–water partition coefficient (Wildman–Crippen LogP) is 3.97. The number of hydrogen-bond donors (Lipinski definition) is 2. The van der Waals surface area contributed by atoms with Crippen molar-refractivity contribution in [3.05, 3.63) is 27.8 Å². The van der Waals surface area contributed by atoms with E-state index in [1.165, 1.54) is 0 Å². The average molecular weight is 454 g/mol. The van der Waals surface area contributed by atoms with Crippen LogP contribution in [0.25, 0.3) is 6.08 Å². The molecule has 1 aliphatic heterocycles. The molecule has 2 rings (SSSR count). The number of amides is 1. The summed E-state index contributed by atoms with van der Waals surface area (Å²) in [6.45, 7) is 13.5. The third kappa shape index (κ3) is 5.72. The summed E-state index contributed by atoms with van der Waals surface area (Å²) in [4.78, 5) is 16.3. The van der Waals surface area contributed by atoms with Gasteiger partial charge in [-0.25, -0.2) is 9.78 Å². The van der Waals surface area contributed by atoms with Crippen molar-refractivity contribution in [1.29, 1.82) is 0 Å². The molecule has 1 aliphatic rings. The largest absolute Gasteiger partial charge is 0.492 e. The molecule has 2 heterocycles. The number of rotatable bonds is 4. The van der Waals surface area contributed by atoms with Gasteiger partial charge in [0, 0.05) is 22.8 Å². The van der Waals surface area contributed by atoms with E-state index in [1.54, 1.807) is 6.20 Å². The first-order chi connectivity index (χ1) is 12.7. The maximum Gasteiger partial charge on any atom is 0.492 e. The van der Waals surface area contributed by atoms with Crippen LogP contribution in [-0.4, -0.2) is 41.5 Å². The van der Waals surface area contributed by atoms with Gasteiger partial charge in [-0.15, -0.1) is 0 Å². The van der Waals surface area contributed by atoms with Crippen molar-refractivity contribution in [1.82, 2.24) is 10.3 Å². The number of aromatic nitrogens is 1. The Labute approximate surface area is 175 Å². The lowest BCUT2D eigenvalue weighted by Crippen LogP contribution is -2.41. The molecule has 1 saturated heterocycles. The summed E-state index contributed by atoms with van der Waals surface area (Å²) in [5, 5.41) is 2.76. The highest BCUT2D eigenvalue weighted by molar-refractivity contribution is 9.10. The van der Waals surface area contributed by atoms with Gasteiger partial charge in [-0.2, -0.15) is 0 Å². The van der Waals surface area contributed by atoms with E-state index < -0.39 is 30.0 Å². The Kier molecular flexibility index (Phi) is 6.52. The minimum Gasteiger partial charge on any atom is -0.444 e. The molecule has 28 heavy (non-hydrogen) atoms. The number of halogens is 1. The Morgan fingerprint density at radius 3 is 2.43 bits per heavy atom. The van der Waals surface area contributed by atoms with Gasteiger partial charge < -0.3 is 25.1 Å². The topological polar surface area (TPSA) is 95.7 Å². The number of nitrogens with two attached hydrogens (primary N) is 1. The van der Waals surface area contributed by atoms with Crippen molar-refractivity contribution in [2.45, 2.75) is 65.3 Å². The fourth-order valence-electron chi connectivity index (χ4n) is 2.47. The number of hydrogen-bond acceptors (Lipinski definition) is 6. The summed E-state index contributed by atoms with van der Waals surface area (Å²) in [6.07, 6.45) is 2.93. The highest BCUT2D eigenvalue weighted by Gasteiger charge is 2.52. The summed E-state index contributed by atoms with van der Waals surface area (Å²) in [5.41, 5.74) is 5.81. The number of anilines is 1. The standard InChI is InChI=1S/C19H29BBrN3O4/c1-17(2,3)26-16(25)24-10-13(8-12-9-14(21)11-23-15(12)22)20-27-18(4,5)19(6,7)28-20/h8-9,11H,10H2,1-7H3,(H2,22,23)(H,24,25). The zero-order valence-electron chi connectivity index (χ0n) is 17.6. The van der Waals surface area contributed by atoms with E-state index >= 15 is 0 Å². The minimum atomic E-state index is -0.640. The van der Waals surface area contributed by atoms with E-state index in [-0.39, 0.29) is 6.54 Å². The van der Waals surface area contributed by atoms with Gasteiger partial charge in [-0.3, -0.25) is 0 Å². The number of nitrogen functional groups attached to an aromatic ring is 1. The van der Waals surface area contributed by atoms with Crippen molar-refractivity contribution in [3.8, 4) is 0 Å². The molecule has 1 amide bonds. The van der Waals surface area contributed by atoms with E-state index in [9.17, 15) is 4.79 Å². The zero-order valence-corrected chi connectivity index (χ0v) is 19.1. The molecule has 1 fully saturated rings. The van der Waals surface area contributed by atoms with Crippen LogP contribution in [0.5, 0.6) is 0 Å². The molecule has 0 spiro atoms. The third-order valence-corrected chi connectivity index (χ3v) is 5.08. The predicted molar refractivity (Wildman–Crippen MR) is 115 cm³/mol. The Bertz CT molecular complexity index is 759. The van der Waals surface area contributed by atoms with Crippen LogP contribution in [0.15, 0.2) is 22.2 Å². The van der Waals surface area contributed by atoms with E-state index in [0.717, 1.165) is 4.47 Å². The SMILES string of the molecule is CC(C)(C)OC(=O)NCC(=Cc1cc(Br)cnc1N)B1OC(C)(C)C(C)(C)O1. The van der Waals surface area contributed by atoms with Crippen LogP contribution < -0.4 is 11.1 Å². The molecule has 9 heteroatoms. The first-order valence-corrected chi connectivity index (χ1v) is 9.93. The number of carbonyl (C=O) groups is 1. The van der Waals surface area contributed by atoms with Crippen LogP contribution in [0.1, 0.15) is 54.0 Å². The lowest BCUT2D eigenvalue weighted by atomic mass is 9.77. The molecule has 0 saturated carbocycles. The molecule has 1 aromatic heterocycles. The second-order valence-electron chi connectivity index (χ2n) is 8.79. The molecule has 0 aliphatic carbocycles. The van der Waals surface area contributed by atoms with Crippen molar-refractivity contribution >= 4 is 41.0 Å². The normalized spacial score (nSPS) is 18.9. The minimum absolute atomic E-state index is 0.178. The van der Waals surface area contributed by atoms with Crippen LogP contribution in [0.3, 0.4) is 0 Å². The Morgan fingerprint density at radius 1 is 1.32 bits per heavy atom. The molecular formula is C19H29BBrN3O4. The van der Waals surface area contributed by atoms with Gasteiger partial charge in [0.05, 0.1) is 11.2 Å². The van der Waals surface area contributed by atoms with Crippen LogP contribution in [0.2, 0.25) is 0 Å². The molecule has 0 aromatic carbocycles. The van der Waals surface area contributed by atoms with E-state index in [0.29, 0.717) is 16.9 Å². The first kappa shape index (κ1) is 22.7. The second kappa shape index (κ2) is 8.04. The lowest BCUT2D eigenvalue weighted by molar-refractivity contribution is 0.00578. The lowest BCUT2D eigenvalue weighted by Gasteiger charge is -2.32. The van der Waals surface area contributed by atoms with Gasteiger partial charge in [-0.1, -0.05) is 6.08 Å². The maximum absolute atomic E-state index is 12.1.